The Morgan fingerprint density at radius 1 is 1.04 bits per heavy atom. The number of benzene rings is 2. The number of nitrogens with one attached hydrogen (secondary N) is 2. The molecular weight excluding hydrogens is 364 g/mol. The summed E-state index contributed by atoms with van der Waals surface area (Å²) in [5.74, 6) is 0.0185. The van der Waals surface area contributed by atoms with Crippen LogP contribution in [-0.2, 0) is 0 Å². The number of aromatic nitrogens is 2. The number of Topliss-reactive ketones (excluding diaryl/α,β-unsaturated/α-hetero) is 1. The highest BCUT2D eigenvalue weighted by molar-refractivity contribution is 6.30. The van der Waals surface area contributed by atoms with Crippen molar-refractivity contribution in [3.05, 3.63) is 76.7 Å². The van der Waals surface area contributed by atoms with E-state index in [4.69, 9.17) is 11.6 Å². The van der Waals surface area contributed by atoms with Crippen molar-refractivity contribution in [1.82, 2.24) is 9.97 Å². The number of halogens is 1. The molecule has 0 aliphatic rings. The molecule has 3 aromatic rings. The zero-order valence-electron chi connectivity index (χ0n) is 14.8. The fourth-order valence-electron chi connectivity index (χ4n) is 2.47. The van der Waals surface area contributed by atoms with Crippen molar-refractivity contribution in [3.8, 4) is 0 Å². The Hall–Kier alpha value is -3.25. The van der Waals surface area contributed by atoms with Crippen LogP contribution in [0, 0.1) is 6.92 Å². The second-order valence-electron chi connectivity index (χ2n) is 5.96. The van der Waals surface area contributed by atoms with Gasteiger partial charge in [-0.1, -0.05) is 23.7 Å². The van der Waals surface area contributed by atoms with Crippen LogP contribution in [-0.4, -0.2) is 21.7 Å². The van der Waals surface area contributed by atoms with Crippen LogP contribution < -0.4 is 10.6 Å². The SMILES string of the molecule is CC(=O)c1cccc(NC(=O)c2cc(Nc3ccc(Cl)cc3C)ncn2)c1. The quantitative estimate of drug-likeness (QED) is 0.630. The number of amides is 1. The first-order valence-corrected chi connectivity index (χ1v) is 8.58. The van der Waals surface area contributed by atoms with Crippen LogP contribution in [0.4, 0.5) is 17.2 Å². The number of carbonyl (C=O) groups excluding carboxylic acids is 2. The smallest absolute Gasteiger partial charge is 0.274 e. The summed E-state index contributed by atoms with van der Waals surface area (Å²) in [6.45, 7) is 3.40. The largest absolute Gasteiger partial charge is 0.340 e. The van der Waals surface area contributed by atoms with Crippen LogP contribution >= 0.6 is 11.6 Å². The molecule has 2 aromatic carbocycles. The van der Waals surface area contributed by atoms with Crippen LogP contribution in [0.25, 0.3) is 0 Å². The summed E-state index contributed by atoms with van der Waals surface area (Å²) in [5.41, 5.74) is 3.03. The molecule has 1 aromatic heterocycles. The summed E-state index contributed by atoms with van der Waals surface area (Å²) in [6.07, 6.45) is 1.31. The number of nitrogens with zero attached hydrogens (tertiary/aromatic N) is 2. The Morgan fingerprint density at radius 3 is 2.59 bits per heavy atom. The van der Waals surface area contributed by atoms with E-state index in [1.54, 1.807) is 36.4 Å². The first-order chi connectivity index (χ1) is 12.9. The highest BCUT2D eigenvalue weighted by atomic mass is 35.5. The van der Waals surface area contributed by atoms with Gasteiger partial charge in [0.2, 0.25) is 0 Å². The zero-order chi connectivity index (χ0) is 19.4. The highest BCUT2D eigenvalue weighted by Gasteiger charge is 2.11. The van der Waals surface area contributed by atoms with Crippen LogP contribution in [0.3, 0.4) is 0 Å². The number of ketones is 1. The monoisotopic (exact) mass is 380 g/mol. The van der Waals surface area contributed by atoms with Gasteiger partial charge >= 0.3 is 0 Å². The summed E-state index contributed by atoms with van der Waals surface area (Å²) < 4.78 is 0. The second kappa shape index (κ2) is 7.97. The van der Waals surface area contributed by atoms with Gasteiger partial charge in [-0.15, -0.1) is 0 Å². The topological polar surface area (TPSA) is 84.0 Å². The molecule has 0 fully saturated rings. The molecule has 0 aliphatic carbocycles. The fraction of sp³-hybridized carbons (Fsp3) is 0.100. The molecule has 1 heterocycles. The van der Waals surface area contributed by atoms with Gasteiger partial charge < -0.3 is 10.6 Å². The molecule has 7 heteroatoms. The lowest BCUT2D eigenvalue weighted by atomic mass is 10.1. The van der Waals surface area contributed by atoms with Crippen molar-refractivity contribution in [1.29, 1.82) is 0 Å². The van der Waals surface area contributed by atoms with Gasteiger partial charge in [-0.3, -0.25) is 9.59 Å². The van der Waals surface area contributed by atoms with Gasteiger partial charge in [0.15, 0.2) is 5.78 Å². The zero-order valence-corrected chi connectivity index (χ0v) is 15.5. The van der Waals surface area contributed by atoms with Gasteiger partial charge in [0.05, 0.1) is 0 Å². The Kier molecular flexibility index (Phi) is 5.47. The minimum atomic E-state index is -0.394. The van der Waals surface area contributed by atoms with Gasteiger partial charge in [-0.25, -0.2) is 9.97 Å². The molecule has 136 valence electrons. The second-order valence-corrected chi connectivity index (χ2v) is 6.40. The third-order valence-electron chi connectivity index (χ3n) is 3.88. The lowest BCUT2D eigenvalue weighted by molar-refractivity contribution is 0.100. The number of carbonyl (C=O) groups is 2. The number of anilines is 3. The highest BCUT2D eigenvalue weighted by Crippen LogP contribution is 2.23. The molecule has 2 N–H and O–H groups in total. The maximum atomic E-state index is 12.5. The maximum Gasteiger partial charge on any atom is 0.274 e. The Bertz CT molecular complexity index is 1020. The van der Waals surface area contributed by atoms with E-state index < -0.39 is 5.91 Å². The van der Waals surface area contributed by atoms with Crippen LogP contribution in [0.2, 0.25) is 5.02 Å². The molecule has 6 nitrogen and oxygen atoms in total. The normalized spacial score (nSPS) is 10.3. The van der Waals surface area contributed by atoms with Crippen molar-refractivity contribution in [2.45, 2.75) is 13.8 Å². The number of hydrogen-bond acceptors (Lipinski definition) is 5. The molecule has 1 amide bonds. The van der Waals surface area contributed by atoms with Crippen LogP contribution in [0.1, 0.15) is 33.3 Å². The predicted octanol–water partition coefficient (Wildman–Crippen LogP) is 4.64. The van der Waals surface area contributed by atoms with E-state index in [-0.39, 0.29) is 11.5 Å². The Morgan fingerprint density at radius 2 is 1.85 bits per heavy atom. The van der Waals surface area contributed by atoms with E-state index in [2.05, 4.69) is 20.6 Å². The average Bonchev–Trinajstić information content (AvgIpc) is 2.64. The van der Waals surface area contributed by atoms with Crippen molar-refractivity contribution in [2.75, 3.05) is 10.6 Å². The fourth-order valence-corrected chi connectivity index (χ4v) is 2.69. The van der Waals surface area contributed by atoms with E-state index in [9.17, 15) is 9.59 Å². The number of rotatable bonds is 5. The Balaban J connectivity index is 1.77. The van der Waals surface area contributed by atoms with E-state index in [1.807, 2.05) is 19.1 Å². The van der Waals surface area contributed by atoms with E-state index in [0.29, 0.717) is 22.1 Å². The summed E-state index contributed by atoms with van der Waals surface area (Å²) >= 11 is 5.97. The minimum Gasteiger partial charge on any atom is -0.340 e. The molecule has 0 aliphatic heterocycles. The summed E-state index contributed by atoms with van der Waals surface area (Å²) in [5, 5.41) is 6.53. The van der Waals surface area contributed by atoms with Crippen LogP contribution in [0.5, 0.6) is 0 Å². The number of aryl methyl sites for hydroxylation is 1. The molecule has 0 radical (unpaired) electrons. The summed E-state index contributed by atoms with van der Waals surface area (Å²) in [6, 6.07) is 13.7. The Labute approximate surface area is 161 Å². The lowest BCUT2D eigenvalue weighted by Gasteiger charge is -2.10. The van der Waals surface area contributed by atoms with E-state index in [1.165, 1.54) is 13.3 Å². The molecule has 3 rings (SSSR count). The minimum absolute atomic E-state index is 0.0713. The summed E-state index contributed by atoms with van der Waals surface area (Å²) in [7, 11) is 0. The summed E-state index contributed by atoms with van der Waals surface area (Å²) in [4.78, 5) is 32.1. The predicted molar refractivity (Wildman–Crippen MR) is 106 cm³/mol. The first-order valence-electron chi connectivity index (χ1n) is 8.20. The van der Waals surface area contributed by atoms with Crippen molar-refractivity contribution < 1.29 is 9.59 Å². The molecule has 0 saturated heterocycles. The molecule has 0 atom stereocenters. The van der Waals surface area contributed by atoms with E-state index >= 15 is 0 Å². The molecule has 0 saturated carbocycles. The standard InChI is InChI=1S/C20H17ClN4O2/c1-12-8-15(21)6-7-17(12)25-19-10-18(22-11-23-19)20(27)24-16-5-3-4-14(9-16)13(2)26/h3-11H,1-2H3,(H,24,27)(H,22,23,25). The third-order valence-corrected chi connectivity index (χ3v) is 4.11. The molecular formula is C20H17ClN4O2. The lowest BCUT2D eigenvalue weighted by Crippen LogP contribution is -2.14. The molecule has 0 spiro atoms. The van der Waals surface area contributed by atoms with Crippen molar-refractivity contribution in [2.24, 2.45) is 0 Å². The van der Waals surface area contributed by atoms with Crippen molar-refractivity contribution >= 4 is 40.5 Å². The van der Waals surface area contributed by atoms with Crippen LogP contribution in [0.15, 0.2) is 54.9 Å². The van der Waals surface area contributed by atoms with Gasteiger partial charge in [0, 0.05) is 28.0 Å². The third kappa shape index (κ3) is 4.68. The molecule has 27 heavy (non-hydrogen) atoms. The number of hydrogen-bond donors (Lipinski definition) is 2. The first kappa shape index (κ1) is 18.5. The maximum absolute atomic E-state index is 12.5. The average molecular weight is 381 g/mol. The van der Waals surface area contributed by atoms with E-state index in [0.717, 1.165) is 11.3 Å². The van der Waals surface area contributed by atoms with Gasteiger partial charge in [0.1, 0.15) is 17.8 Å². The van der Waals surface area contributed by atoms with Crippen molar-refractivity contribution in [3.63, 3.8) is 0 Å². The molecule has 0 unspecified atom stereocenters. The van der Waals surface area contributed by atoms with Gasteiger partial charge in [-0.05, 0) is 49.7 Å². The van der Waals surface area contributed by atoms with Gasteiger partial charge in [0.25, 0.3) is 5.91 Å². The van der Waals surface area contributed by atoms with Gasteiger partial charge in [-0.2, -0.15) is 0 Å². The molecule has 0 bridgehead atoms.